The van der Waals surface area contributed by atoms with Crippen molar-refractivity contribution in [2.75, 3.05) is 23.5 Å². The second-order valence-electron chi connectivity index (χ2n) is 6.97. The molecule has 4 rings (SSSR count). The highest BCUT2D eigenvalue weighted by molar-refractivity contribution is 7.99. The minimum absolute atomic E-state index is 0.0178. The Kier molecular flexibility index (Phi) is 6.83. The smallest absolute Gasteiger partial charge is 0.339 e. The predicted octanol–water partition coefficient (Wildman–Crippen LogP) is 3.64. The van der Waals surface area contributed by atoms with Gasteiger partial charge in [-0.25, -0.2) is 9.18 Å². The average molecular weight is 479 g/mol. The SMILES string of the molecule is COC(=O)c1ccccc1NC(=O)CSc1nnc2ccc(C(=O)Nc3cccc(F)c3)cn12. The van der Waals surface area contributed by atoms with Crippen LogP contribution >= 0.6 is 11.8 Å². The van der Waals surface area contributed by atoms with Gasteiger partial charge in [0.05, 0.1) is 29.7 Å². The van der Waals surface area contributed by atoms with Gasteiger partial charge in [0.2, 0.25) is 5.91 Å². The number of ether oxygens (including phenoxy) is 1. The summed E-state index contributed by atoms with van der Waals surface area (Å²) in [6.07, 6.45) is 1.54. The van der Waals surface area contributed by atoms with Crippen LogP contribution in [0, 0.1) is 5.82 Å². The number of pyridine rings is 1. The molecule has 0 saturated heterocycles. The highest BCUT2D eigenvalue weighted by Gasteiger charge is 2.16. The van der Waals surface area contributed by atoms with Crippen LogP contribution in [0.1, 0.15) is 20.7 Å². The minimum atomic E-state index is -0.559. The van der Waals surface area contributed by atoms with Crippen LogP contribution in [0.25, 0.3) is 5.65 Å². The molecule has 172 valence electrons. The van der Waals surface area contributed by atoms with Crippen molar-refractivity contribution in [1.82, 2.24) is 14.6 Å². The number of esters is 1. The van der Waals surface area contributed by atoms with Crippen molar-refractivity contribution in [3.05, 3.63) is 83.8 Å². The summed E-state index contributed by atoms with van der Waals surface area (Å²) in [5.41, 5.74) is 1.69. The molecular formula is C23H18FN5O4S. The van der Waals surface area contributed by atoms with Gasteiger partial charge in [0.1, 0.15) is 5.82 Å². The van der Waals surface area contributed by atoms with Crippen LogP contribution in [0.5, 0.6) is 0 Å². The summed E-state index contributed by atoms with van der Waals surface area (Å²) >= 11 is 1.11. The Morgan fingerprint density at radius 1 is 1.03 bits per heavy atom. The number of thioether (sulfide) groups is 1. The second-order valence-corrected chi connectivity index (χ2v) is 7.91. The Labute approximate surface area is 197 Å². The molecule has 9 nitrogen and oxygen atoms in total. The van der Waals surface area contributed by atoms with Gasteiger partial charge in [0.15, 0.2) is 10.8 Å². The summed E-state index contributed by atoms with van der Waals surface area (Å²) in [6.45, 7) is 0. The number of hydrogen-bond donors (Lipinski definition) is 2. The van der Waals surface area contributed by atoms with Gasteiger partial charge in [0, 0.05) is 11.9 Å². The van der Waals surface area contributed by atoms with Crippen LogP contribution in [-0.4, -0.2) is 45.2 Å². The molecule has 2 heterocycles. The number of aromatic nitrogens is 3. The summed E-state index contributed by atoms with van der Waals surface area (Å²) in [4.78, 5) is 36.9. The lowest BCUT2D eigenvalue weighted by Gasteiger charge is -2.09. The lowest BCUT2D eigenvalue weighted by atomic mass is 10.2. The van der Waals surface area contributed by atoms with Crippen molar-refractivity contribution in [2.24, 2.45) is 0 Å². The van der Waals surface area contributed by atoms with E-state index in [2.05, 4.69) is 20.8 Å². The lowest BCUT2D eigenvalue weighted by molar-refractivity contribution is -0.113. The molecule has 2 amide bonds. The first-order valence-corrected chi connectivity index (χ1v) is 10.9. The maximum absolute atomic E-state index is 13.4. The number of anilines is 2. The first kappa shape index (κ1) is 22.9. The van der Waals surface area contributed by atoms with Crippen LogP contribution in [0.3, 0.4) is 0 Å². The topological polar surface area (TPSA) is 115 Å². The van der Waals surface area contributed by atoms with Crippen LogP contribution in [0.4, 0.5) is 15.8 Å². The number of carbonyl (C=O) groups excluding carboxylic acids is 3. The number of methoxy groups -OCH3 is 1. The van der Waals surface area contributed by atoms with Crippen molar-refractivity contribution >= 4 is 46.6 Å². The van der Waals surface area contributed by atoms with E-state index in [9.17, 15) is 18.8 Å². The fourth-order valence-corrected chi connectivity index (χ4v) is 3.78. The maximum Gasteiger partial charge on any atom is 0.339 e. The molecule has 2 N–H and O–H groups in total. The number of fused-ring (bicyclic) bond motifs is 1. The van der Waals surface area contributed by atoms with Crippen LogP contribution in [0.2, 0.25) is 0 Å². The summed E-state index contributed by atoms with van der Waals surface area (Å²) in [5, 5.41) is 13.8. The van der Waals surface area contributed by atoms with Gasteiger partial charge in [-0.05, 0) is 42.5 Å². The van der Waals surface area contributed by atoms with Gasteiger partial charge < -0.3 is 15.4 Å². The van der Waals surface area contributed by atoms with Crippen molar-refractivity contribution in [1.29, 1.82) is 0 Å². The van der Waals surface area contributed by atoms with E-state index in [4.69, 9.17) is 4.74 Å². The monoisotopic (exact) mass is 479 g/mol. The molecule has 0 spiro atoms. The molecule has 0 bridgehead atoms. The first-order chi connectivity index (χ1) is 16.4. The molecular weight excluding hydrogens is 461 g/mol. The third-order valence-corrected chi connectivity index (χ3v) is 5.60. The second kappa shape index (κ2) is 10.1. The Hall–Kier alpha value is -4.25. The normalized spacial score (nSPS) is 10.6. The number of amides is 2. The predicted molar refractivity (Wildman–Crippen MR) is 124 cm³/mol. The molecule has 2 aromatic carbocycles. The highest BCUT2D eigenvalue weighted by Crippen LogP contribution is 2.21. The van der Waals surface area contributed by atoms with E-state index in [0.717, 1.165) is 11.8 Å². The van der Waals surface area contributed by atoms with Gasteiger partial charge in [-0.3, -0.25) is 14.0 Å². The molecule has 34 heavy (non-hydrogen) atoms. The van der Waals surface area contributed by atoms with Crippen molar-refractivity contribution in [3.8, 4) is 0 Å². The molecule has 0 aliphatic heterocycles. The number of nitrogens with zero attached hydrogens (tertiary/aromatic N) is 3. The number of benzene rings is 2. The average Bonchev–Trinajstić information content (AvgIpc) is 3.25. The van der Waals surface area contributed by atoms with Crippen LogP contribution in [0.15, 0.2) is 72.0 Å². The number of carbonyl (C=O) groups is 3. The van der Waals surface area contributed by atoms with Gasteiger partial charge in [-0.2, -0.15) is 0 Å². The van der Waals surface area contributed by atoms with Gasteiger partial charge >= 0.3 is 5.97 Å². The molecule has 0 atom stereocenters. The fourth-order valence-electron chi connectivity index (χ4n) is 3.07. The van der Waals surface area contributed by atoms with E-state index in [-0.39, 0.29) is 17.2 Å². The molecule has 0 fully saturated rings. The van der Waals surface area contributed by atoms with Crippen molar-refractivity contribution in [2.45, 2.75) is 5.16 Å². The standard InChI is InChI=1S/C23H18FN5O4S/c1-33-22(32)17-7-2-3-8-18(17)26-20(30)13-34-23-28-27-19-10-9-14(12-29(19)23)21(31)25-16-6-4-5-15(24)11-16/h2-12H,13H2,1H3,(H,25,31)(H,26,30). The molecule has 0 saturated carbocycles. The Morgan fingerprint density at radius 2 is 1.85 bits per heavy atom. The Morgan fingerprint density at radius 3 is 2.65 bits per heavy atom. The quantitative estimate of drug-likeness (QED) is 0.307. The number of para-hydroxylation sites is 1. The van der Waals surface area contributed by atoms with E-state index in [1.807, 2.05) is 0 Å². The third-order valence-electron chi connectivity index (χ3n) is 4.65. The number of rotatable bonds is 7. The van der Waals surface area contributed by atoms with Gasteiger partial charge in [0.25, 0.3) is 5.91 Å². The molecule has 4 aromatic rings. The molecule has 0 radical (unpaired) electrons. The van der Waals surface area contributed by atoms with Crippen molar-refractivity contribution in [3.63, 3.8) is 0 Å². The number of hydrogen-bond acceptors (Lipinski definition) is 7. The Balaban J connectivity index is 1.45. The van der Waals surface area contributed by atoms with E-state index in [1.54, 1.807) is 46.9 Å². The summed E-state index contributed by atoms with van der Waals surface area (Å²) in [5.74, 6) is -1.84. The van der Waals surface area contributed by atoms with E-state index < -0.39 is 17.7 Å². The molecule has 0 unspecified atom stereocenters. The maximum atomic E-state index is 13.4. The lowest BCUT2D eigenvalue weighted by Crippen LogP contribution is -2.17. The summed E-state index contributed by atoms with van der Waals surface area (Å²) < 4.78 is 19.7. The molecule has 0 aliphatic carbocycles. The zero-order valence-corrected chi connectivity index (χ0v) is 18.6. The van der Waals surface area contributed by atoms with E-state index in [0.29, 0.717) is 27.7 Å². The highest BCUT2D eigenvalue weighted by atomic mass is 32.2. The van der Waals surface area contributed by atoms with Crippen molar-refractivity contribution < 1.29 is 23.5 Å². The van der Waals surface area contributed by atoms with E-state index >= 15 is 0 Å². The Bertz CT molecular complexity index is 1390. The molecule has 0 aliphatic rings. The summed E-state index contributed by atoms with van der Waals surface area (Å²) in [6, 6.07) is 15.3. The zero-order chi connectivity index (χ0) is 24.1. The van der Waals surface area contributed by atoms with Gasteiger partial charge in [-0.15, -0.1) is 10.2 Å². The minimum Gasteiger partial charge on any atom is -0.465 e. The third kappa shape index (κ3) is 5.21. The first-order valence-electron chi connectivity index (χ1n) is 9.96. The molecule has 2 aromatic heterocycles. The van der Waals surface area contributed by atoms with Crippen LogP contribution in [-0.2, 0) is 9.53 Å². The summed E-state index contributed by atoms with van der Waals surface area (Å²) in [7, 11) is 1.26. The van der Waals surface area contributed by atoms with Crippen LogP contribution < -0.4 is 10.6 Å². The number of halogens is 1. The van der Waals surface area contributed by atoms with E-state index in [1.165, 1.54) is 31.5 Å². The van der Waals surface area contributed by atoms with Gasteiger partial charge in [-0.1, -0.05) is 30.0 Å². The zero-order valence-electron chi connectivity index (χ0n) is 17.8. The fraction of sp³-hybridized carbons (Fsp3) is 0.0870. The number of nitrogens with one attached hydrogen (secondary N) is 2. The largest absolute Gasteiger partial charge is 0.465 e. The molecule has 11 heteroatoms.